The van der Waals surface area contributed by atoms with E-state index in [1.807, 2.05) is 36.4 Å². The third kappa shape index (κ3) is 4.37. The molecule has 0 aliphatic carbocycles. The van der Waals surface area contributed by atoms with Crippen molar-refractivity contribution in [3.63, 3.8) is 0 Å². The first kappa shape index (κ1) is 20.1. The fourth-order valence-electron chi connectivity index (χ4n) is 3.59. The Labute approximate surface area is 175 Å². The lowest BCUT2D eigenvalue weighted by molar-refractivity contribution is -0.0421. The molecule has 0 spiro atoms. The molecule has 0 unspecified atom stereocenters. The van der Waals surface area contributed by atoms with Crippen LogP contribution in [0.5, 0.6) is 11.5 Å². The predicted molar refractivity (Wildman–Crippen MR) is 114 cm³/mol. The van der Waals surface area contributed by atoms with Gasteiger partial charge in [-0.3, -0.25) is 9.69 Å². The molecule has 1 fully saturated rings. The highest BCUT2D eigenvalue weighted by Crippen LogP contribution is 2.31. The van der Waals surface area contributed by atoms with Gasteiger partial charge in [0.1, 0.15) is 0 Å². The number of benzene rings is 2. The minimum Gasteiger partial charge on any atom is -0.493 e. The molecule has 0 N–H and O–H groups in total. The number of methoxy groups -OCH3 is 2. The third-order valence-corrected chi connectivity index (χ3v) is 5.20. The van der Waals surface area contributed by atoms with Crippen molar-refractivity contribution in [3.8, 4) is 22.8 Å². The van der Waals surface area contributed by atoms with Gasteiger partial charge in [-0.05, 0) is 29.8 Å². The Morgan fingerprint density at radius 1 is 1.03 bits per heavy atom. The standard InChI is InChI=1S/C23H25N3O4/c1-28-20-10-8-18(14-21(20)29-2)19-9-11-23(27)26(24-19)16-25-12-13-30-22(15-25)17-6-4-3-5-7-17/h3-11,14,22H,12-13,15-16H2,1-2H3/t22-/m1/s1. The Hall–Kier alpha value is -3.16. The Kier molecular flexibility index (Phi) is 6.11. The zero-order chi connectivity index (χ0) is 20.9. The van der Waals surface area contributed by atoms with Crippen molar-refractivity contribution in [2.75, 3.05) is 33.9 Å². The molecule has 30 heavy (non-hydrogen) atoms. The van der Waals surface area contributed by atoms with E-state index in [1.165, 1.54) is 4.68 Å². The highest BCUT2D eigenvalue weighted by molar-refractivity contribution is 5.63. The van der Waals surface area contributed by atoms with E-state index >= 15 is 0 Å². The van der Waals surface area contributed by atoms with Crippen molar-refractivity contribution in [3.05, 3.63) is 76.6 Å². The highest BCUT2D eigenvalue weighted by Gasteiger charge is 2.22. The fourth-order valence-corrected chi connectivity index (χ4v) is 3.59. The maximum atomic E-state index is 12.4. The average molecular weight is 407 g/mol. The number of rotatable bonds is 6. The van der Waals surface area contributed by atoms with E-state index in [0.717, 1.165) is 17.7 Å². The zero-order valence-corrected chi connectivity index (χ0v) is 17.2. The van der Waals surface area contributed by atoms with Crippen LogP contribution >= 0.6 is 0 Å². The summed E-state index contributed by atoms with van der Waals surface area (Å²) >= 11 is 0. The zero-order valence-electron chi connectivity index (χ0n) is 17.2. The second kappa shape index (κ2) is 9.11. The summed E-state index contributed by atoms with van der Waals surface area (Å²) in [6, 6.07) is 19.0. The first-order valence-electron chi connectivity index (χ1n) is 9.87. The summed E-state index contributed by atoms with van der Waals surface area (Å²) in [5.74, 6) is 1.27. The molecule has 0 saturated carbocycles. The van der Waals surface area contributed by atoms with Crippen molar-refractivity contribution in [1.29, 1.82) is 0 Å². The summed E-state index contributed by atoms with van der Waals surface area (Å²) in [7, 11) is 3.19. The molecule has 1 aliphatic heterocycles. The monoisotopic (exact) mass is 407 g/mol. The van der Waals surface area contributed by atoms with Crippen LogP contribution in [0, 0.1) is 0 Å². The first-order chi connectivity index (χ1) is 14.7. The smallest absolute Gasteiger partial charge is 0.268 e. The van der Waals surface area contributed by atoms with E-state index in [1.54, 1.807) is 26.4 Å². The van der Waals surface area contributed by atoms with Gasteiger partial charge in [-0.1, -0.05) is 30.3 Å². The lowest BCUT2D eigenvalue weighted by Gasteiger charge is -2.33. The fraction of sp³-hybridized carbons (Fsp3) is 0.304. The van der Waals surface area contributed by atoms with E-state index in [9.17, 15) is 4.79 Å². The number of hydrogen-bond acceptors (Lipinski definition) is 6. The molecule has 156 valence electrons. The third-order valence-electron chi connectivity index (χ3n) is 5.20. The molecule has 1 aromatic heterocycles. The number of ether oxygens (including phenoxy) is 3. The molecule has 2 aromatic carbocycles. The lowest BCUT2D eigenvalue weighted by Crippen LogP contribution is -2.42. The van der Waals surface area contributed by atoms with E-state index in [4.69, 9.17) is 14.2 Å². The van der Waals surface area contributed by atoms with Crippen molar-refractivity contribution < 1.29 is 14.2 Å². The first-order valence-corrected chi connectivity index (χ1v) is 9.87. The molecular weight excluding hydrogens is 382 g/mol. The van der Waals surface area contributed by atoms with Crippen molar-refractivity contribution in [2.45, 2.75) is 12.8 Å². The molecule has 0 bridgehead atoms. The highest BCUT2D eigenvalue weighted by atomic mass is 16.5. The van der Waals surface area contributed by atoms with Gasteiger partial charge in [0, 0.05) is 24.7 Å². The summed E-state index contributed by atoms with van der Waals surface area (Å²) in [5.41, 5.74) is 2.55. The Bertz CT molecular complexity index is 1050. The molecule has 1 saturated heterocycles. The van der Waals surface area contributed by atoms with E-state index in [0.29, 0.717) is 37.0 Å². The van der Waals surface area contributed by atoms with Crippen molar-refractivity contribution in [2.24, 2.45) is 0 Å². The molecule has 0 amide bonds. The summed E-state index contributed by atoms with van der Waals surface area (Å²) in [5, 5.41) is 4.59. The number of aromatic nitrogens is 2. The van der Waals surface area contributed by atoms with Gasteiger partial charge in [0.25, 0.3) is 5.56 Å². The SMILES string of the molecule is COc1ccc(-c2ccc(=O)n(CN3CCO[C@@H](c4ccccc4)C3)n2)cc1OC. The van der Waals surface area contributed by atoms with Gasteiger partial charge in [-0.2, -0.15) is 5.10 Å². The van der Waals surface area contributed by atoms with Gasteiger partial charge in [0.2, 0.25) is 0 Å². The molecule has 1 aliphatic rings. The Balaban J connectivity index is 1.55. The van der Waals surface area contributed by atoms with Crippen LogP contribution < -0.4 is 15.0 Å². The van der Waals surface area contributed by atoms with Gasteiger partial charge in [0.15, 0.2) is 11.5 Å². The maximum absolute atomic E-state index is 12.4. The molecule has 2 heterocycles. The molecule has 7 nitrogen and oxygen atoms in total. The summed E-state index contributed by atoms with van der Waals surface area (Å²) in [6.07, 6.45) is -0.00955. The molecule has 0 radical (unpaired) electrons. The van der Waals surface area contributed by atoms with E-state index in [2.05, 4.69) is 22.1 Å². The number of nitrogens with zero attached hydrogens (tertiary/aromatic N) is 3. The van der Waals surface area contributed by atoms with Crippen LogP contribution in [0.25, 0.3) is 11.3 Å². The minimum atomic E-state index is -0.137. The summed E-state index contributed by atoms with van der Waals surface area (Å²) < 4.78 is 18.1. The average Bonchev–Trinajstić information content (AvgIpc) is 2.81. The topological polar surface area (TPSA) is 65.8 Å². The van der Waals surface area contributed by atoms with Gasteiger partial charge in [-0.25, -0.2) is 4.68 Å². The number of hydrogen-bond donors (Lipinski definition) is 0. The van der Waals surface area contributed by atoms with Crippen LogP contribution in [0.3, 0.4) is 0 Å². The van der Waals surface area contributed by atoms with Gasteiger partial charge < -0.3 is 14.2 Å². The largest absolute Gasteiger partial charge is 0.493 e. The Morgan fingerprint density at radius 3 is 2.60 bits per heavy atom. The predicted octanol–water partition coefficient (Wildman–Crippen LogP) is 2.96. The number of morpholine rings is 1. The van der Waals surface area contributed by atoms with Gasteiger partial charge in [0.05, 0.1) is 39.3 Å². The summed E-state index contributed by atoms with van der Waals surface area (Å²) in [4.78, 5) is 14.6. The lowest BCUT2D eigenvalue weighted by atomic mass is 10.1. The van der Waals surface area contributed by atoms with Crippen molar-refractivity contribution in [1.82, 2.24) is 14.7 Å². The second-order valence-electron chi connectivity index (χ2n) is 7.11. The van der Waals surface area contributed by atoms with Crippen LogP contribution in [-0.2, 0) is 11.4 Å². The van der Waals surface area contributed by atoms with Gasteiger partial charge >= 0.3 is 0 Å². The molecular formula is C23H25N3O4. The van der Waals surface area contributed by atoms with Crippen LogP contribution in [0.15, 0.2) is 65.5 Å². The molecule has 1 atom stereocenters. The quantitative estimate of drug-likeness (QED) is 0.626. The van der Waals surface area contributed by atoms with Gasteiger partial charge in [-0.15, -0.1) is 0 Å². The summed E-state index contributed by atoms with van der Waals surface area (Å²) in [6.45, 7) is 2.48. The van der Waals surface area contributed by atoms with Crippen LogP contribution in [0.1, 0.15) is 11.7 Å². The van der Waals surface area contributed by atoms with Crippen molar-refractivity contribution >= 4 is 0 Å². The van der Waals surface area contributed by atoms with Crippen LogP contribution in [0.4, 0.5) is 0 Å². The molecule has 7 heteroatoms. The Morgan fingerprint density at radius 2 is 1.83 bits per heavy atom. The van der Waals surface area contributed by atoms with E-state index in [-0.39, 0.29) is 11.7 Å². The molecule has 4 rings (SSSR count). The van der Waals surface area contributed by atoms with E-state index < -0.39 is 0 Å². The molecule has 3 aromatic rings. The van der Waals surface area contributed by atoms with Crippen LogP contribution in [0.2, 0.25) is 0 Å². The second-order valence-corrected chi connectivity index (χ2v) is 7.11. The minimum absolute atomic E-state index is 0.00955. The maximum Gasteiger partial charge on any atom is 0.268 e. The van der Waals surface area contributed by atoms with Crippen LogP contribution in [-0.4, -0.2) is 48.6 Å². The normalized spacial score (nSPS) is 16.9.